The van der Waals surface area contributed by atoms with Crippen molar-refractivity contribution < 1.29 is 0 Å². The summed E-state index contributed by atoms with van der Waals surface area (Å²) >= 11 is 0. The zero-order valence-electron chi connectivity index (χ0n) is 24.2. The third kappa shape index (κ3) is 4.40. The number of aromatic nitrogens is 3. The number of nitrogens with zero attached hydrogens (tertiary/aromatic N) is 3. The summed E-state index contributed by atoms with van der Waals surface area (Å²) in [5, 5.41) is 4.82. The van der Waals surface area contributed by atoms with Gasteiger partial charge in [0.05, 0.1) is 5.41 Å². The minimum atomic E-state index is -0.297. The van der Waals surface area contributed by atoms with Gasteiger partial charge in [-0.25, -0.2) is 15.0 Å². The lowest BCUT2D eigenvalue weighted by Crippen LogP contribution is -2.31. The highest BCUT2D eigenvalue weighted by Crippen LogP contribution is 2.44. The van der Waals surface area contributed by atoms with Crippen LogP contribution in [0.5, 0.6) is 0 Å². The van der Waals surface area contributed by atoms with Crippen LogP contribution in [0.25, 0.3) is 55.4 Å². The minimum absolute atomic E-state index is 0.297. The molecule has 1 atom stereocenters. The fourth-order valence-corrected chi connectivity index (χ4v) is 6.77. The summed E-state index contributed by atoms with van der Waals surface area (Å²) in [7, 11) is 0. The quantitative estimate of drug-likeness (QED) is 0.218. The fourth-order valence-electron chi connectivity index (χ4n) is 6.77. The van der Waals surface area contributed by atoms with Crippen molar-refractivity contribution in [3.8, 4) is 33.9 Å². The van der Waals surface area contributed by atoms with Gasteiger partial charge in [-0.1, -0.05) is 133 Å². The molecule has 206 valence electrons. The Morgan fingerprint density at radius 2 is 1.16 bits per heavy atom. The van der Waals surface area contributed by atoms with Crippen molar-refractivity contribution >= 4 is 21.5 Å². The molecule has 0 saturated carbocycles. The average molecular weight is 554 g/mol. The second kappa shape index (κ2) is 10.3. The van der Waals surface area contributed by atoms with Gasteiger partial charge in [0.25, 0.3) is 0 Å². The maximum absolute atomic E-state index is 5.25. The smallest absolute Gasteiger partial charge is 0.164 e. The molecule has 6 aromatic rings. The Balaban J connectivity index is 1.30. The molecule has 1 heterocycles. The third-order valence-electron chi connectivity index (χ3n) is 9.10. The zero-order valence-corrected chi connectivity index (χ0v) is 24.2. The Morgan fingerprint density at radius 1 is 0.558 bits per heavy atom. The molecule has 0 radical (unpaired) electrons. The van der Waals surface area contributed by atoms with Crippen LogP contribution in [-0.4, -0.2) is 15.0 Å². The second-order valence-electron chi connectivity index (χ2n) is 11.8. The van der Waals surface area contributed by atoms with Crippen LogP contribution in [0.4, 0.5) is 0 Å². The first-order valence-corrected chi connectivity index (χ1v) is 15.1. The molecule has 0 saturated heterocycles. The highest BCUT2D eigenvalue weighted by molar-refractivity contribution is 5.97. The van der Waals surface area contributed by atoms with E-state index < -0.39 is 0 Å². The van der Waals surface area contributed by atoms with Crippen molar-refractivity contribution in [1.82, 2.24) is 15.0 Å². The van der Waals surface area contributed by atoms with Crippen molar-refractivity contribution in [2.45, 2.75) is 31.6 Å². The van der Waals surface area contributed by atoms with E-state index >= 15 is 0 Å². The largest absolute Gasteiger partial charge is 0.212 e. The van der Waals surface area contributed by atoms with Crippen LogP contribution in [0.1, 0.15) is 32.0 Å². The SMILES string of the molecule is CC1(c2nc(-c3ccc(-c4cccc5ccccc45)cc3)nc(-c3cccc4ccccc34)n2)CC=CC2=C1CCC=C2. The molecule has 3 nitrogen and oxygen atoms in total. The molecule has 1 unspecified atom stereocenters. The molecule has 0 bridgehead atoms. The lowest BCUT2D eigenvalue weighted by atomic mass is 9.70. The highest BCUT2D eigenvalue weighted by atomic mass is 15.0. The molecule has 3 heteroatoms. The third-order valence-corrected chi connectivity index (χ3v) is 9.10. The summed E-state index contributed by atoms with van der Waals surface area (Å²) in [6, 6.07) is 38.6. The van der Waals surface area contributed by atoms with E-state index in [2.05, 4.69) is 140 Å². The van der Waals surface area contributed by atoms with Crippen molar-refractivity contribution in [1.29, 1.82) is 0 Å². The Kier molecular flexibility index (Phi) is 6.11. The molecular formula is C40H31N3. The van der Waals surface area contributed by atoms with Crippen LogP contribution in [0.3, 0.4) is 0 Å². The first-order chi connectivity index (χ1) is 21.2. The monoisotopic (exact) mass is 553 g/mol. The van der Waals surface area contributed by atoms with E-state index in [1.54, 1.807) is 0 Å². The van der Waals surface area contributed by atoms with Crippen molar-refractivity contribution in [2.75, 3.05) is 0 Å². The van der Waals surface area contributed by atoms with E-state index in [-0.39, 0.29) is 5.41 Å². The molecule has 0 amide bonds. The minimum Gasteiger partial charge on any atom is -0.212 e. The molecule has 0 N–H and O–H groups in total. The summed E-state index contributed by atoms with van der Waals surface area (Å²) in [5.74, 6) is 2.27. The molecule has 43 heavy (non-hydrogen) atoms. The van der Waals surface area contributed by atoms with Gasteiger partial charge in [0, 0.05) is 11.1 Å². The van der Waals surface area contributed by atoms with Gasteiger partial charge in [0.1, 0.15) is 5.82 Å². The first kappa shape index (κ1) is 25.6. The number of hydrogen-bond donors (Lipinski definition) is 0. The van der Waals surface area contributed by atoms with E-state index in [0.29, 0.717) is 5.82 Å². The molecule has 0 aliphatic heterocycles. The van der Waals surface area contributed by atoms with E-state index in [9.17, 15) is 0 Å². The molecule has 8 rings (SSSR count). The molecule has 2 aliphatic carbocycles. The van der Waals surface area contributed by atoms with Crippen molar-refractivity contribution in [3.63, 3.8) is 0 Å². The molecular weight excluding hydrogens is 522 g/mol. The Hall–Kier alpha value is -5.15. The van der Waals surface area contributed by atoms with Gasteiger partial charge in [0.2, 0.25) is 0 Å². The highest BCUT2D eigenvalue weighted by Gasteiger charge is 2.37. The fraction of sp³-hybridized carbons (Fsp3) is 0.125. The Morgan fingerprint density at radius 3 is 1.93 bits per heavy atom. The van der Waals surface area contributed by atoms with Crippen LogP contribution >= 0.6 is 0 Å². The lowest BCUT2D eigenvalue weighted by Gasteiger charge is -2.35. The Labute approximate surface area is 252 Å². The second-order valence-corrected chi connectivity index (χ2v) is 11.8. The summed E-state index contributed by atoms with van der Waals surface area (Å²) in [6.07, 6.45) is 12.0. The van der Waals surface area contributed by atoms with Crippen LogP contribution in [0, 0.1) is 0 Å². The number of allylic oxidation sites excluding steroid dienone is 6. The Bertz CT molecular complexity index is 2100. The normalized spacial score (nSPS) is 17.9. The summed E-state index contributed by atoms with van der Waals surface area (Å²) < 4.78 is 0. The molecule has 5 aromatic carbocycles. The van der Waals surface area contributed by atoms with Crippen LogP contribution < -0.4 is 0 Å². The topological polar surface area (TPSA) is 38.7 Å². The molecule has 0 spiro atoms. The van der Waals surface area contributed by atoms with Crippen LogP contribution in [-0.2, 0) is 5.41 Å². The van der Waals surface area contributed by atoms with Crippen LogP contribution in [0.2, 0.25) is 0 Å². The summed E-state index contributed by atoms with van der Waals surface area (Å²) in [5.41, 5.74) is 6.85. The van der Waals surface area contributed by atoms with E-state index in [1.807, 2.05) is 0 Å². The summed E-state index contributed by atoms with van der Waals surface area (Å²) in [6.45, 7) is 2.31. The number of fused-ring (bicyclic) bond motifs is 2. The van der Waals surface area contributed by atoms with Gasteiger partial charge in [0.15, 0.2) is 11.6 Å². The van der Waals surface area contributed by atoms with Crippen molar-refractivity contribution in [3.05, 3.63) is 150 Å². The number of rotatable bonds is 4. The van der Waals surface area contributed by atoms with Crippen molar-refractivity contribution in [2.24, 2.45) is 0 Å². The van der Waals surface area contributed by atoms with Gasteiger partial charge < -0.3 is 0 Å². The van der Waals surface area contributed by atoms with Gasteiger partial charge >= 0.3 is 0 Å². The van der Waals surface area contributed by atoms with E-state index in [0.717, 1.165) is 47.4 Å². The standard InChI is InChI=1S/C40H31N3/c1-40(26-10-16-30-13-4-7-21-36(30)40)39-42-37(41-38(43-39)35-20-9-15-28-12-3-6-18-34(28)35)31-24-22-29(23-25-31)33-19-8-14-27-11-2-5-17-32(27)33/h2-6,8-20,22-25H,7,21,26H2,1H3. The average Bonchev–Trinajstić information content (AvgIpc) is 3.08. The van der Waals surface area contributed by atoms with Gasteiger partial charge in [-0.05, 0) is 70.0 Å². The van der Waals surface area contributed by atoms with E-state index in [1.165, 1.54) is 38.4 Å². The van der Waals surface area contributed by atoms with Gasteiger partial charge in [-0.15, -0.1) is 0 Å². The van der Waals surface area contributed by atoms with Crippen LogP contribution in [0.15, 0.2) is 145 Å². The van der Waals surface area contributed by atoms with E-state index in [4.69, 9.17) is 15.0 Å². The lowest BCUT2D eigenvalue weighted by molar-refractivity contribution is 0.495. The first-order valence-electron chi connectivity index (χ1n) is 15.1. The zero-order chi connectivity index (χ0) is 28.8. The molecule has 1 aromatic heterocycles. The molecule has 0 fully saturated rings. The number of benzene rings is 5. The maximum atomic E-state index is 5.25. The predicted octanol–water partition coefficient (Wildman–Crippen LogP) is 10.0. The predicted molar refractivity (Wildman–Crippen MR) is 178 cm³/mol. The summed E-state index contributed by atoms with van der Waals surface area (Å²) in [4.78, 5) is 15.6. The number of hydrogen-bond acceptors (Lipinski definition) is 3. The van der Waals surface area contributed by atoms with Gasteiger partial charge in [-0.2, -0.15) is 0 Å². The van der Waals surface area contributed by atoms with Gasteiger partial charge in [-0.3, -0.25) is 0 Å². The molecule has 2 aliphatic rings. The maximum Gasteiger partial charge on any atom is 0.164 e.